The predicted molar refractivity (Wildman–Crippen MR) is 79.5 cm³/mol. The Morgan fingerprint density at radius 2 is 1.84 bits per heavy atom. The number of benzene rings is 1. The van der Waals surface area contributed by atoms with Crippen molar-refractivity contribution in [3.8, 4) is 0 Å². The number of hydrogen-bond acceptors (Lipinski definition) is 3. The van der Waals surface area contributed by atoms with Crippen LogP contribution in [0.4, 0.5) is 5.69 Å². The maximum absolute atomic E-state index is 11.8. The molecule has 102 valence electrons. The molecule has 0 spiro atoms. The van der Waals surface area contributed by atoms with Crippen molar-refractivity contribution in [2.75, 3.05) is 11.4 Å². The number of carbonyl (C=O) groups excluding carboxylic acids is 1. The van der Waals surface area contributed by atoms with Crippen LogP contribution < -0.4 is 10.6 Å². The molecule has 1 saturated carbocycles. The summed E-state index contributed by atoms with van der Waals surface area (Å²) < 4.78 is 0. The van der Waals surface area contributed by atoms with Crippen molar-refractivity contribution >= 4 is 23.4 Å². The van der Waals surface area contributed by atoms with Gasteiger partial charge in [-0.2, -0.15) is 0 Å². The van der Waals surface area contributed by atoms with Crippen LogP contribution in [0.5, 0.6) is 0 Å². The molecule has 1 atom stereocenters. The smallest absolute Gasteiger partial charge is 0.228 e. The van der Waals surface area contributed by atoms with Crippen molar-refractivity contribution < 1.29 is 4.79 Å². The van der Waals surface area contributed by atoms with E-state index in [0.29, 0.717) is 13.0 Å². The minimum atomic E-state index is -0.0139. The number of hydrogen-bond donors (Lipinski definition) is 1. The Bertz CT molecular complexity index is 454. The first-order valence-electron chi connectivity index (χ1n) is 7.05. The molecule has 1 unspecified atom stereocenters. The number of nitrogens with two attached hydrogens (primary N) is 1. The van der Waals surface area contributed by atoms with Crippen LogP contribution in [0.15, 0.2) is 29.2 Å². The van der Waals surface area contributed by atoms with Gasteiger partial charge in [-0.3, -0.25) is 4.79 Å². The fourth-order valence-corrected chi connectivity index (χ4v) is 4.14. The molecule has 1 saturated heterocycles. The standard InChI is InChI=1S/C15H20N2OS/c16-11-9-15(18)17(10-11)12-5-7-14(8-6-12)19-13-3-1-2-4-13/h5-8,11,13H,1-4,9-10,16H2. The Hall–Kier alpha value is -1.00. The lowest BCUT2D eigenvalue weighted by Crippen LogP contribution is -2.27. The van der Waals surface area contributed by atoms with Crippen LogP contribution in [-0.2, 0) is 4.79 Å². The molecule has 1 aromatic carbocycles. The first kappa shape index (κ1) is 13.0. The fraction of sp³-hybridized carbons (Fsp3) is 0.533. The highest BCUT2D eigenvalue weighted by Crippen LogP contribution is 2.35. The molecule has 1 aromatic rings. The molecule has 2 N–H and O–H groups in total. The maximum atomic E-state index is 11.8. The van der Waals surface area contributed by atoms with Gasteiger partial charge in [0.25, 0.3) is 0 Å². The second-order valence-corrected chi connectivity index (χ2v) is 6.86. The lowest BCUT2D eigenvalue weighted by atomic mass is 10.3. The Kier molecular flexibility index (Phi) is 3.80. The molecule has 3 rings (SSSR count). The van der Waals surface area contributed by atoms with Crippen LogP contribution in [0.1, 0.15) is 32.1 Å². The van der Waals surface area contributed by atoms with Crippen LogP contribution >= 0.6 is 11.8 Å². The van der Waals surface area contributed by atoms with E-state index in [1.165, 1.54) is 30.6 Å². The van der Waals surface area contributed by atoms with E-state index in [9.17, 15) is 4.79 Å². The van der Waals surface area contributed by atoms with Gasteiger partial charge in [0.05, 0.1) is 0 Å². The topological polar surface area (TPSA) is 46.3 Å². The van der Waals surface area contributed by atoms with E-state index in [4.69, 9.17) is 5.73 Å². The normalized spacial score (nSPS) is 24.4. The molecular formula is C15H20N2OS. The van der Waals surface area contributed by atoms with Crippen molar-refractivity contribution in [2.45, 2.75) is 48.3 Å². The quantitative estimate of drug-likeness (QED) is 0.923. The van der Waals surface area contributed by atoms with Gasteiger partial charge in [0.1, 0.15) is 0 Å². The molecule has 2 aliphatic rings. The van der Waals surface area contributed by atoms with E-state index in [1.54, 1.807) is 4.90 Å². The summed E-state index contributed by atoms with van der Waals surface area (Å²) in [5, 5.41) is 0.785. The average Bonchev–Trinajstić information content (AvgIpc) is 3.00. The van der Waals surface area contributed by atoms with Gasteiger partial charge in [0, 0.05) is 34.8 Å². The molecule has 1 aliphatic heterocycles. The zero-order valence-electron chi connectivity index (χ0n) is 11.0. The van der Waals surface area contributed by atoms with E-state index in [0.717, 1.165) is 10.9 Å². The van der Waals surface area contributed by atoms with E-state index in [-0.39, 0.29) is 11.9 Å². The van der Waals surface area contributed by atoms with Crippen LogP contribution in [0.3, 0.4) is 0 Å². The molecule has 0 radical (unpaired) electrons. The van der Waals surface area contributed by atoms with Crippen LogP contribution in [0.2, 0.25) is 0 Å². The van der Waals surface area contributed by atoms with Crippen LogP contribution in [0.25, 0.3) is 0 Å². The molecule has 4 heteroatoms. The molecular weight excluding hydrogens is 256 g/mol. The summed E-state index contributed by atoms with van der Waals surface area (Å²) in [6.45, 7) is 0.647. The van der Waals surface area contributed by atoms with E-state index in [1.807, 2.05) is 23.9 Å². The number of anilines is 1. The summed E-state index contributed by atoms with van der Waals surface area (Å²) in [6.07, 6.45) is 5.89. The van der Waals surface area contributed by atoms with Gasteiger partial charge >= 0.3 is 0 Å². The van der Waals surface area contributed by atoms with Crippen molar-refractivity contribution in [1.29, 1.82) is 0 Å². The number of nitrogens with zero attached hydrogens (tertiary/aromatic N) is 1. The monoisotopic (exact) mass is 276 g/mol. The van der Waals surface area contributed by atoms with Crippen molar-refractivity contribution in [1.82, 2.24) is 0 Å². The predicted octanol–water partition coefficient (Wildman–Crippen LogP) is 2.79. The summed E-state index contributed by atoms with van der Waals surface area (Å²) in [5.74, 6) is 0.142. The van der Waals surface area contributed by atoms with E-state index >= 15 is 0 Å². The van der Waals surface area contributed by atoms with Gasteiger partial charge in [-0.1, -0.05) is 12.8 Å². The largest absolute Gasteiger partial charge is 0.326 e. The molecule has 3 nitrogen and oxygen atoms in total. The summed E-state index contributed by atoms with van der Waals surface area (Å²) in [6, 6.07) is 8.35. The Morgan fingerprint density at radius 3 is 2.42 bits per heavy atom. The van der Waals surface area contributed by atoms with E-state index in [2.05, 4.69) is 12.1 Å². The SMILES string of the molecule is NC1CC(=O)N(c2ccc(SC3CCCC3)cc2)C1. The van der Waals surface area contributed by atoms with Crippen molar-refractivity contribution in [3.63, 3.8) is 0 Å². The average molecular weight is 276 g/mol. The molecule has 1 aliphatic carbocycles. The van der Waals surface area contributed by atoms with Crippen molar-refractivity contribution in [2.24, 2.45) is 5.73 Å². The Balaban J connectivity index is 1.66. The van der Waals surface area contributed by atoms with Gasteiger partial charge < -0.3 is 10.6 Å². The molecule has 0 aromatic heterocycles. The summed E-state index contributed by atoms with van der Waals surface area (Å²) in [4.78, 5) is 14.9. The fourth-order valence-electron chi connectivity index (χ4n) is 2.89. The van der Waals surface area contributed by atoms with Crippen molar-refractivity contribution in [3.05, 3.63) is 24.3 Å². The summed E-state index contributed by atoms with van der Waals surface area (Å²) in [5.41, 5.74) is 6.81. The van der Waals surface area contributed by atoms with E-state index < -0.39 is 0 Å². The van der Waals surface area contributed by atoms with Crippen LogP contribution in [0, 0.1) is 0 Å². The highest BCUT2D eigenvalue weighted by atomic mass is 32.2. The molecule has 19 heavy (non-hydrogen) atoms. The number of thioether (sulfide) groups is 1. The number of carbonyl (C=O) groups is 1. The zero-order chi connectivity index (χ0) is 13.2. The van der Waals surface area contributed by atoms with Gasteiger partial charge in [0.2, 0.25) is 5.91 Å². The number of amides is 1. The highest BCUT2D eigenvalue weighted by Gasteiger charge is 2.27. The first-order chi connectivity index (χ1) is 9.22. The van der Waals surface area contributed by atoms with Gasteiger partial charge in [0.15, 0.2) is 0 Å². The maximum Gasteiger partial charge on any atom is 0.228 e. The first-order valence-corrected chi connectivity index (χ1v) is 7.93. The molecule has 1 amide bonds. The minimum Gasteiger partial charge on any atom is -0.326 e. The minimum absolute atomic E-state index is 0.0139. The molecule has 2 fully saturated rings. The molecule has 0 bridgehead atoms. The van der Waals surface area contributed by atoms with Crippen LogP contribution in [-0.4, -0.2) is 23.7 Å². The Morgan fingerprint density at radius 1 is 1.16 bits per heavy atom. The zero-order valence-corrected chi connectivity index (χ0v) is 11.9. The molecule has 1 heterocycles. The lowest BCUT2D eigenvalue weighted by molar-refractivity contribution is -0.117. The lowest BCUT2D eigenvalue weighted by Gasteiger charge is -2.17. The summed E-state index contributed by atoms with van der Waals surface area (Å²) in [7, 11) is 0. The second-order valence-electron chi connectivity index (χ2n) is 5.49. The third-order valence-electron chi connectivity index (χ3n) is 3.91. The Labute approximate surface area is 118 Å². The van der Waals surface area contributed by atoms with Gasteiger partial charge in [-0.05, 0) is 37.1 Å². The van der Waals surface area contributed by atoms with Gasteiger partial charge in [-0.15, -0.1) is 11.8 Å². The third-order valence-corrected chi connectivity index (χ3v) is 5.26. The highest BCUT2D eigenvalue weighted by molar-refractivity contribution is 8.00. The number of rotatable bonds is 3. The summed E-state index contributed by atoms with van der Waals surface area (Å²) >= 11 is 1.98. The second kappa shape index (κ2) is 5.55. The third kappa shape index (κ3) is 2.95. The van der Waals surface area contributed by atoms with Gasteiger partial charge in [-0.25, -0.2) is 0 Å².